The molecule has 0 fully saturated rings. The van der Waals surface area contributed by atoms with E-state index in [0.717, 1.165) is 12.7 Å². The molecule has 0 heterocycles. The third-order valence-electron chi connectivity index (χ3n) is 1.48. The first-order valence-electron chi connectivity index (χ1n) is 3.88. The first-order chi connectivity index (χ1) is 6.61. The molecule has 0 amide bonds. The van der Waals surface area contributed by atoms with Gasteiger partial charge in [0.25, 0.3) is 0 Å². The summed E-state index contributed by atoms with van der Waals surface area (Å²) in [7, 11) is 0. The molecule has 0 aliphatic heterocycles. The number of aliphatic imine (C=N–C) groups is 1. The van der Waals surface area contributed by atoms with Gasteiger partial charge in [0.05, 0.1) is 6.54 Å². The number of hydrogen-bond acceptors (Lipinski definition) is 2. The molecule has 74 valence electrons. The highest BCUT2D eigenvalue weighted by molar-refractivity contribution is 14.1. The highest BCUT2D eigenvalue weighted by atomic mass is 127. The Morgan fingerprint density at radius 3 is 2.50 bits per heavy atom. The zero-order chi connectivity index (χ0) is 10.6. The lowest BCUT2D eigenvalue weighted by Crippen LogP contribution is -2.13. The van der Waals surface area contributed by atoms with E-state index in [0.29, 0.717) is 0 Å². The molecule has 3 nitrogen and oxygen atoms in total. The Hall–Kier alpha value is -0.180. The van der Waals surface area contributed by atoms with Crippen LogP contribution in [0.5, 0.6) is 0 Å². The van der Waals surface area contributed by atoms with Gasteiger partial charge in [-0.05, 0) is 57.3 Å². The Morgan fingerprint density at radius 2 is 2.00 bits per heavy atom. The maximum atomic E-state index is 7.03. The monoisotopic (exact) mass is 413 g/mol. The van der Waals surface area contributed by atoms with Gasteiger partial charge >= 0.3 is 0 Å². The molecule has 0 unspecified atom stereocenters. The highest BCUT2D eigenvalue weighted by Crippen LogP contribution is 2.16. The van der Waals surface area contributed by atoms with E-state index >= 15 is 0 Å². The average Bonchev–Trinajstić information content (AvgIpc) is 2.09. The fourth-order valence-electron chi connectivity index (χ4n) is 0.869. The van der Waals surface area contributed by atoms with Crippen molar-refractivity contribution in [2.75, 3.05) is 6.54 Å². The zero-order valence-corrected chi connectivity index (χ0v) is 11.6. The van der Waals surface area contributed by atoms with Crippen molar-refractivity contribution in [3.8, 4) is 0 Å². The highest BCUT2D eigenvalue weighted by Gasteiger charge is 2.00. The largest absolute Gasteiger partial charge is 0.386 e. The molecule has 0 saturated carbocycles. The molecular weight excluding hydrogens is 404 g/mol. The Morgan fingerprint density at radius 1 is 1.43 bits per heavy atom. The number of halogens is 2. The second kappa shape index (κ2) is 5.64. The van der Waals surface area contributed by atoms with E-state index in [9.17, 15) is 0 Å². The quantitative estimate of drug-likeness (QED) is 0.446. The van der Waals surface area contributed by atoms with Crippen molar-refractivity contribution in [2.45, 2.75) is 0 Å². The molecule has 14 heavy (non-hydrogen) atoms. The van der Waals surface area contributed by atoms with Crippen molar-refractivity contribution in [1.82, 2.24) is 0 Å². The maximum absolute atomic E-state index is 7.03. The van der Waals surface area contributed by atoms with Crippen LogP contribution in [0.25, 0.3) is 0 Å². The molecule has 0 radical (unpaired) electrons. The van der Waals surface area contributed by atoms with Gasteiger partial charge in [0, 0.05) is 18.9 Å². The number of hydrogen-bond donors (Lipinski definition) is 2. The normalized spacial score (nSPS) is 10.7. The van der Waals surface area contributed by atoms with Crippen molar-refractivity contribution in [3.63, 3.8) is 0 Å². The molecule has 0 spiro atoms. The third-order valence-corrected chi connectivity index (χ3v) is 3.36. The summed E-state index contributed by atoms with van der Waals surface area (Å²) in [6.07, 6.45) is 1.77. The van der Waals surface area contributed by atoms with Crippen LogP contribution in [0.2, 0.25) is 0 Å². The van der Waals surface area contributed by atoms with Gasteiger partial charge in [-0.1, -0.05) is 6.07 Å². The minimum Gasteiger partial charge on any atom is -0.386 e. The summed E-state index contributed by atoms with van der Waals surface area (Å²) in [6, 6.07) is 6.06. The van der Waals surface area contributed by atoms with Gasteiger partial charge in [-0.25, -0.2) is 0 Å². The van der Waals surface area contributed by atoms with E-state index < -0.39 is 0 Å². The van der Waals surface area contributed by atoms with Crippen molar-refractivity contribution >= 4 is 57.2 Å². The third kappa shape index (κ3) is 3.52. The van der Waals surface area contributed by atoms with Crippen LogP contribution < -0.4 is 5.73 Å². The minimum absolute atomic E-state index is 0.0854. The van der Waals surface area contributed by atoms with Gasteiger partial charge in [0.2, 0.25) is 0 Å². The summed E-state index contributed by atoms with van der Waals surface area (Å²) in [5.41, 5.74) is 6.29. The summed E-state index contributed by atoms with van der Waals surface area (Å²) in [5, 5.41) is 7.03. The van der Waals surface area contributed by atoms with Crippen LogP contribution in [-0.2, 0) is 0 Å². The smallest absolute Gasteiger partial charge is 0.113 e. The van der Waals surface area contributed by atoms with E-state index in [2.05, 4.69) is 50.2 Å². The minimum atomic E-state index is 0.0854. The number of nitrogens with zero attached hydrogens (tertiary/aromatic N) is 1. The Kier molecular flexibility index (Phi) is 4.79. The molecule has 0 atom stereocenters. The summed E-state index contributed by atoms with van der Waals surface area (Å²) >= 11 is 4.52. The van der Waals surface area contributed by atoms with E-state index in [4.69, 9.17) is 11.1 Å². The first kappa shape index (κ1) is 11.9. The second-order valence-corrected chi connectivity index (χ2v) is 4.95. The number of nitrogens with one attached hydrogen (secondary N) is 1. The molecule has 1 aromatic carbocycles. The first-order valence-corrected chi connectivity index (χ1v) is 6.03. The number of benzene rings is 1. The Bertz CT molecular complexity index is 354. The lowest BCUT2D eigenvalue weighted by atomic mass is 10.2. The Balaban J connectivity index is 2.85. The van der Waals surface area contributed by atoms with Crippen molar-refractivity contribution in [1.29, 1.82) is 5.41 Å². The van der Waals surface area contributed by atoms with Crippen molar-refractivity contribution in [2.24, 2.45) is 10.7 Å². The fraction of sp³-hybridized carbons (Fsp3) is 0.111. The molecule has 0 aliphatic rings. The van der Waals surface area contributed by atoms with Crippen LogP contribution in [0.4, 0.5) is 0 Å². The molecule has 0 bridgehead atoms. The number of rotatable bonds is 3. The molecule has 3 N–H and O–H groups in total. The molecule has 1 rings (SSSR count). The average molecular weight is 413 g/mol. The predicted molar refractivity (Wildman–Crippen MR) is 76.3 cm³/mol. The molecule has 0 saturated heterocycles. The summed E-state index contributed by atoms with van der Waals surface area (Å²) < 4.78 is 2.31. The lowest BCUT2D eigenvalue weighted by molar-refractivity contribution is 1.24. The van der Waals surface area contributed by atoms with Gasteiger partial charge in [0.15, 0.2) is 0 Å². The lowest BCUT2D eigenvalue weighted by Gasteiger charge is -2.00. The summed E-state index contributed by atoms with van der Waals surface area (Å²) in [4.78, 5) is 4.08. The molecule has 0 aromatic heterocycles. The topological polar surface area (TPSA) is 62.2 Å². The van der Waals surface area contributed by atoms with Gasteiger partial charge in [-0.15, -0.1) is 0 Å². The molecule has 0 aliphatic carbocycles. The van der Waals surface area contributed by atoms with Crippen LogP contribution in [0, 0.1) is 12.5 Å². The predicted octanol–water partition coefficient (Wildman–Crippen LogP) is 2.25. The SMILES string of the molecule is N=C(N)CN=Cc1c(I)cccc1I. The maximum Gasteiger partial charge on any atom is 0.113 e. The van der Waals surface area contributed by atoms with E-state index in [1.165, 1.54) is 0 Å². The van der Waals surface area contributed by atoms with E-state index in [-0.39, 0.29) is 12.4 Å². The Labute approximate surface area is 110 Å². The zero-order valence-electron chi connectivity index (χ0n) is 7.30. The second-order valence-electron chi connectivity index (χ2n) is 2.63. The van der Waals surface area contributed by atoms with Crippen LogP contribution >= 0.6 is 45.2 Å². The van der Waals surface area contributed by atoms with Crippen LogP contribution in [0.3, 0.4) is 0 Å². The van der Waals surface area contributed by atoms with Crippen LogP contribution in [0.1, 0.15) is 5.56 Å². The number of amidine groups is 1. The van der Waals surface area contributed by atoms with E-state index in [1.807, 2.05) is 18.2 Å². The van der Waals surface area contributed by atoms with Crippen molar-refractivity contribution < 1.29 is 0 Å². The number of nitrogens with two attached hydrogens (primary N) is 1. The van der Waals surface area contributed by atoms with Crippen molar-refractivity contribution in [3.05, 3.63) is 30.9 Å². The van der Waals surface area contributed by atoms with Crippen LogP contribution in [0.15, 0.2) is 23.2 Å². The molecule has 1 aromatic rings. The van der Waals surface area contributed by atoms with Gasteiger partial charge in [-0.3, -0.25) is 10.4 Å². The standard InChI is InChI=1S/C9H9I2N3/c10-7-2-1-3-8(11)6(7)4-14-5-9(12)13/h1-4H,5H2,(H3,12,13). The van der Waals surface area contributed by atoms with Gasteiger partial charge in [-0.2, -0.15) is 0 Å². The fourth-order valence-corrected chi connectivity index (χ4v) is 2.66. The summed E-state index contributed by atoms with van der Waals surface area (Å²) in [5.74, 6) is 0.0854. The van der Waals surface area contributed by atoms with E-state index in [1.54, 1.807) is 6.21 Å². The van der Waals surface area contributed by atoms with Gasteiger partial charge < -0.3 is 5.73 Å². The summed E-state index contributed by atoms with van der Waals surface area (Å²) in [6.45, 7) is 0.265. The van der Waals surface area contributed by atoms with Gasteiger partial charge in [0.1, 0.15) is 5.84 Å². The molecule has 5 heteroatoms. The molecular formula is C9H9I2N3. The van der Waals surface area contributed by atoms with Crippen LogP contribution in [-0.4, -0.2) is 18.6 Å².